The molecule has 5 rings (SSSR count). The molecule has 1 saturated carbocycles. The molecule has 0 unspecified atom stereocenters. The molecule has 1 aliphatic rings. The van der Waals surface area contributed by atoms with Gasteiger partial charge in [0.1, 0.15) is 5.39 Å². The first kappa shape index (κ1) is 23.8. The molecule has 36 heavy (non-hydrogen) atoms. The molecular weight excluding hydrogens is 458 g/mol. The summed E-state index contributed by atoms with van der Waals surface area (Å²) in [6.07, 6.45) is 2.34. The highest BCUT2D eigenvalue weighted by Crippen LogP contribution is 2.35. The number of Topliss-reactive ketones (excluding diaryl/α,β-unsaturated/α-hetero) is 1. The van der Waals surface area contributed by atoms with E-state index >= 15 is 0 Å². The molecule has 186 valence electrons. The number of nitrogens with zero attached hydrogens (tertiary/aromatic N) is 2. The molecular formula is C28H29N3O5. The molecule has 2 heterocycles. The van der Waals surface area contributed by atoms with Crippen molar-refractivity contribution in [1.82, 2.24) is 14.5 Å². The molecule has 0 spiro atoms. The van der Waals surface area contributed by atoms with Crippen molar-refractivity contribution in [3.05, 3.63) is 76.2 Å². The van der Waals surface area contributed by atoms with E-state index in [1.165, 1.54) is 11.7 Å². The normalized spacial score (nSPS) is 17.9. The third-order valence-corrected chi connectivity index (χ3v) is 7.11. The fourth-order valence-corrected chi connectivity index (χ4v) is 5.27. The van der Waals surface area contributed by atoms with E-state index in [0.717, 1.165) is 5.39 Å². The number of carbonyl (C=O) groups is 2. The minimum Gasteiger partial charge on any atom is -0.493 e. The Kier molecular flexibility index (Phi) is 6.36. The fourth-order valence-electron chi connectivity index (χ4n) is 5.27. The Morgan fingerprint density at radius 3 is 2.39 bits per heavy atom. The van der Waals surface area contributed by atoms with E-state index in [4.69, 9.17) is 4.74 Å². The van der Waals surface area contributed by atoms with Gasteiger partial charge in [-0.05, 0) is 31.7 Å². The number of hydrogen-bond acceptors (Lipinski definition) is 5. The molecule has 8 heteroatoms. The summed E-state index contributed by atoms with van der Waals surface area (Å²) in [5.74, 6) is -0.325. The number of ketones is 1. The smallest absolute Gasteiger partial charge is 0.272 e. The third-order valence-electron chi connectivity index (χ3n) is 7.11. The van der Waals surface area contributed by atoms with E-state index in [1.807, 2.05) is 24.3 Å². The number of fused-ring (bicyclic) bond motifs is 3. The van der Waals surface area contributed by atoms with E-state index in [0.29, 0.717) is 42.3 Å². The van der Waals surface area contributed by atoms with Crippen LogP contribution in [0.25, 0.3) is 21.8 Å². The van der Waals surface area contributed by atoms with Crippen molar-refractivity contribution >= 4 is 33.5 Å². The zero-order chi connectivity index (χ0) is 25.4. The number of methoxy groups -OCH3 is 1. The Balaban J connectivity index is 1.65. The van der Waals surface area contributed by atoms with Gasteiger partial charge in [-0.25, -0.2) is 0 Å². The van der Waals surface area contributed by atoms with Crippen LogP contribution in [0.4, 0.5) is 0 Å². The fraction of sp³-hybridized carbons (Fsp3) is 0.321. The highest BCUT2D eigenvalue weighted by Gasteiger charge is 2.29. The van der Waals surface area contributed by atoms with Crippen LogP contribution in [-0.2, 0) is 13.6 Å². The largest absolute Gasteiger partial charge is 0.493 e. The zero-order valence-corrected chi connectivity index (χ0v) is 20.4. The number of para-hydroxylation sites is 1. The molecule has 0 radical (unpaired) electrons. The van der Waals surface area contributed by atoms with Gasteiger partial charge in [-0.2, -0.15) is 0 Å². The number of benzene rings is 2. The molecule has 2 N–H and O–H groups in total. The number of pyridine rings is 1. The first-order chi connectivity index (χ1) is 17.4. The van der Waals surface area contributed by atoms with Gasteiger partial charge >= 0.3 is 0 Å². The number of amides is 1. The average molecular weight is 488 g/mol. The second kappa shape index (κ2) is 9.62. The maximum Gasteiger partial charge on any atom is 0.272 e. The second-order valence-electron chi connectivity index (χ2n) is 9.34. The summed E-state index contributed by atoms with van der Waals surface area (Å²) in [5, 5.41) is 13.9. The van der Waals surface area contributed by atoms with E-state index in [9.17, 15) is 19.5 Å². The molecule has 1 aliphatic carbocycles. The monoisotopic (exact) mass is 487 g/mol. The molecule has 0 saturated heterocycles. The molecule has 2 aromatic carbocycles. The first-order valence-electron chi connectivity index (χ1n) is 12.2. The highest BCUT2D eigenvalue weighted by molar-refractivity contribution is 6.12. The molecule has 4 aromatic rings. The van der Waals surface area contributed by atoms with Crippen LogP contribution in [0, 0.1) is 0 Å². The predicted octanol–water partition coefficient (Wildman–Crippen LogP) is 3.42. The van der Waals surface area contributed by atoms with Crippen LogP contribution in [-0.4, -0.2) is 45.2 Å². The molecule has 1 fully saturated rings. The van der Waals surface area contributed by atoms with Crippen molar-refractivity contribution in [1.29, 1.82) is 0 Å². The molecule has 0 bridgehead atoms. The van der Waals surface area contributed by atoms with Gasteiger partial charge < -0.3 is 19.7 Å². The van der Waals surface area contributed by atoms with Crippen LogP contribution in [0.3, 0.4) is 0 Å². The summed E-state index contributed by atoms with van der Waals surface area (Å²) < 4.78 is 8.82. The van der Waals surface area contributed by atoms with Crippen LogP contribution < -0.4 is 15.6 Å². The Bertz CT molecular complexity index is 1510. The second-order valence-corrected chi connectivity index (χ2v) is 9.34. The van der Waals surface area contributed by atoms with Gasteiger partial charge in [-0.15, -0.1) is 0 Å². The van der Waals surface area contributed by atoms with E-state index in [2.05, 4.69) is 5.32 Å². The lowest BCUT2D eigenvalue weighted by Gasteiger charge is -2.26. The first-order valence-corrected chi connectivity index (χ1v) is 12.2. The maximum absolute atomic E-state index is 13.9. The van der Waals surface area contributed by atoms with Crippen LogP contribution in [0.2, 0.25) is 0 Å². The summed E-state index contributed by atoms with van der Waals surface area (Å²) in [6, 6.07) is 16.2. The van der Waals surface area contributed by atoms with Crippen LogP contribution in [0.1, 0.15) is 46.5 Å². The summed E-state index contributed by atoms with van der Waals surface area (Å²) in [5.41, 5.74) is 1.58. The maximum atomic E-state index is 13.9. The number of hydrogen-bond donors (Lipinski definition) is 2. The SMILES string of the molecule is COc1c(C(=O)N[C@H]2CC[C@H](O)CC2)n(C)c2c1c(=O)n(CC(=O)c1ccccc1)c1ccccc21. The van der Waals surface area contributed by atoms with Gasteiger partial charge in [0, 0.05) is 24.0 Å². The van der Waals surface area contributed by atoms with Gasteiger partial charge in [0.2, 0.25) is 0 Å². The summed E-state index contributed by atoms with van der Waals surface area (Å²) in [6.45, 7) is -0.136. The summed E-state index contributed by atoms with van der Waals surface area (Å²) in [4.78, 5) is 40.3. The van der Waals surface area contributed by atoms with Crippen LogP contribution >= 0.6 is 0 Å². The van der Waals surface area contributed by atoms with Crippen molar-refractivity contribution in [3.63, 3.8) is 0 Å². The lowest BCUT2D eigenvalue weighted by atomic mass is 9.93. The number of aryl methyl sites for hydroxylation is 1. The average Bonchev–Trinajstić information content (AvgIpc) is 3.20. The number of aliphatic hydroxyl groups excluding tert-OH is 1. The lowest BCUT2D eigenvalue weighted by molar-refractivity contribution is 0.0857. The Morgan fingerprint density at radius 1 is 1.03 bits per heavy atom. The van der Waals surface area contributed by atoms with E-state index < -0.39 is 0 Å². The molecule has 8 nitrogen and oxygen atoms in total. The molecule has 1 amide bonds. The van der Waals surface area contributed by atoms with Crippen molar-refractivity contribution in [3.8, 4) is 5.75 Å². The number of carbonyl (C=O) groups excluding carboxylic acids is 2. The third kappa shape index (κ3) is 4.07. The summed E-state index contributed by atoms with van der Waals surface area (Å²) in [7, 11) is 3.19. The predicted molar refractivity (Wildman–Crippen MR) is 138 cm³/mol. The van der Waals surface area contributed by atoms with Gasteiger partial charge in [-0.1, -0.05) is 48.5 Å². The van der Waals surface area contributed by atoms with E-state index in [-0.39, 0.29) is 52.8 Å². The Hall–Kier alpha value is -3.91. The molecule has 2 aromatic heterocycles. The van der Waals surface area contributed by atoms with Gasteiger partial charge in [0.05, 0.1) is 30.8 Å². The van der Waals surface area contributed by atoms with Crippen molar-refractivity contribution in [2.45, 2.75) is 44.4 Å². The lowest BCUT2D eigenvalue weighted by Crippen LogP contribution is -2.39. The standard InChI is InChI=1S/C28H29N3O5/c1-30-24-20-10-6-7-11-21(20)31(16-22(33)17-8-4-3-5-9-17)28(35)23(24)26(36-2)25(30)27(34)29-18-12-14-19(32)15-13-18/h3-11,18-19,32H,12-16H2,1-2H3,(H,29,34)/t18-,19-. The zero-order valence-electron chi connectivity index (χ0n) is 20.4. The highest BCUT2D eigenvalue weighted by atomic mass is 16.5. The Labute approximate surface area is 208 Å². The van der Waals surface area contributed by atoms with Gasteiger partial charge in [-0.3, -0.25) is 19.0 Å². The van der Waals surface area contributed by atoms with Crippen molar-refractivity contribution in [2.75, 3.05) is 7.11 Å². The van der Waals surface area contributed by atoms with Crippen LogP contribution in [0.5, 0.6) is 5.75 Å². The molecule has 0 aliphatic heterocycles. The molecule has 0 atom stereocenters. The number of nitrogens with one attached hydrogen (secondary N) is 1. The van der Waals surface area contributed by atoms with Crippen molar-refractivity contribution in [2.24, 2.45) is 7.05 Å². The minimum absolute atomic E-state index is 0.0551. The number of aromatic nitrogens is 2. The van der Waals surface area contributed by atoms with E-state index in [1.54, 1.807) is 41.9 Å². The minimum atomic E-state index is -0.389. The van der Waals surface area contributed by atoms with Gasteiger partial charge in [0.25, 0.3) is 11.5 Å². The topological polar surface area (TPSA) is 103 Å². The Morgan fingerprint density at radius 2 is 1.69 bits per heavy atom. The quantitative estimate of drug-likeness (QED) is 0.406. The van der Waals surface area contributed by atoms with Crippen molar-refractivity contribution < 1.29 is 19.4 Å². The summed E-state index contributed by atoms with van der Waals surface area (Å²) >= 11 is 0. The number of aliphatic hydroxyl groups is 1. The number of ether oxygens (including phenoxy) is 1. The number of rotatable bonds is 6. The van der Waals surface area contributed by atoms with Gasteiger partial charge in [0.15, 0.2) is 17.2 Å². The van der Waals surface area contributed by atoms with Crippen LogP contribution in [0.15, 0.2) is 59.4 Å².